The van der Waals surface area contributed by atoms with E-state index in [1.54, 1.807) is 0 Å². The molecule has 0 saturated carbocycles. The van der Waals surface area contributed by atoms with Gasteiger partial charge in [-0.15, -0.1) is 0 Å². The van der Waals surface area contributed by atoms with E-state index in [0.717, 1.165) is 46.9 Å². The van der Waals surface area contributed by atoms with Gasteiger partial charge < -0.3 is 15.4 Å². The number of halogens is 1. The van der Waals surface area contributed by atoms with Crippen LogP contribution in [0.15, 0.2) is 40.9 Å². The van der Waals surface area contributed by atoms with Gasteiger partial charge >= 0.3 is 0 Å². The Labute approximate surface area is 138 Å². The van der Waals surface area contributed by atoms with Crippen molar-refractivity contribution in [2.24, 2.45) is 0 Å². The fourth-order valence-electron chi connectivity index (χ4n) is 2.67. The topological polar surface area (TPSA) is 50.4 Å². The van der Waals surface area contributed by atoms with Gasteiger partial charge in [0.15, 0.2) is 6.61 Å². The molecule has 0 unspecified atom stereocenters. The summed E-state index contributed by atoms with van der Waals surface area (Å²) in [5, 5.41) is 8.54. The number of nitrogens with one attached hydrogen (secondary N) is 2. The van der Waals surface area contributed by atoms with E-state index in [1.165, 1.54) is 0 Å². The number of carbonyl (C=O) groups excluding carboxylic acids is 1. The molecule has 0 radical (unpaired) electrons. The van der Waals surface area contributed by atoms with Crippen LogP contribution in [0.25, 0.3) is 10.8 Å². The molecule has 1 aliphatic rings. The Balaban J connectivity index is 1.56. The maximum atomic E-state index is 11.9. The number of fused-ring (bicyclic) bond motifs is 1. The van der Waals surface area contributed by atoms with Crippen LogP contribution in [0.2, 0.25) is 0 Å². The Hall–Kier alpha value is -1.59. The minimum atomic E-state index is -0.0530. The van der Waals surface area contributed by atoms with Gasteiger partial charge in [0.2, 0.25) is 0 Å². The Morgan fingerprint density at radius 1 is 1.18 bits per heavy atom. The molecule has 116 valence electrons. The van der Waals surface area contributed by atoms with E-state index in [0.29, 0.717) is 0 Å². The normalized spacial score (nSPS) is 15.7. The predicted octanol–water partition coefficient (Wildman–Crippen LogP) is 2.85. The Morgan fingerprint density at radius 2 is 1.91 bits per heavy atom. The van der Waals surface area contributed by atoms with Gasteiger partial charge in [0.25, 0.3) is 5.91 Å². The minimum Gasteiger partial charge on any atom is -0.484 e. The van der Waals surface area contributed by atoms with Crippen LogP contribution in [-0.4, -0.2) is 31.6 Å². The van der Waals surface area contributed by atoms with E-state index < -0.39 is 0 Å². The standard InChI is InChI=1S/C17H19BrN2O2/c18-14-3-1-13-10-16(4-2-12(13)9-14)22-11-17(21)20-15-5-7-19-8-6-15/h1-4,9-10,15,19H,5-8,11H2,(H,20,21). The molecule has 0 aliphatic carbocycles. The van der Waals surface area contributed by atoms with E-state index in [2.05, 4.69) is 32.6 Å². The first-order chi connectivity index (χ1) is 10.7. The summed E-state index contributed by atoms with van der Waals surface area (Å²) < 4.78 is 6.66. The lowest BCUT2D eigenvalue weighted by Crippen LogP contribution is -2.44. The monoisotopic (exact) mass is 362 g/mol. The molecule has 1 aliphatic heterocycles. The second-order valence-corrected chi connectivity index (χ2v) is 6.45. The number of carbonyl (C=O) groups is 1. The Kier molecular flexibility index (Phi) is 4.95. The number of hydrogen-bond acceptors (Lipinski definition) is 3. The molecule has 5 heteroatoms. The largest absolute Gasteiger partial charge is 0.484 e. The third kappa shape index (κ3) is 3.99. The Bertz CT molecular complexity index is 669. The van der Waals surface area contributed by atoms with E-state index in [-0.39, 0.29) is 18.6 Å². The van der Waals surface area contributed by atoms with Gasteiger partial charge in [-0.25, -0.2) is 0 Å². The smallest absolute Gasteiger partial charge is 0.258 e. The van der Waals surface area contributed by atoms with Crippen molar-refractivity contribution in [2.75, 3.05) is 19.7 Å². The van der Waals surface area contributed by atoms with E-state index in [4.69, 9.17) is 4.74 Å². The van der Waals surface area contributed by atoms with Gasteiger partial charge in [0.05, 0.1) is 0 Å². The fraction of sp³-hybridized carbons (Fsp3) is 0.353. The molecule has 0 aromatic heterocycles. The maximum Gasteiger partial charge on any atom is 0.258 e. The molecule has 0 spiro atoms. The number of benzene rings is 2. The van der Waals surface area contributed by atoms with E-state index in [9.17, 15) is 4.79 Å². The molecule has 0 atom stereocenters. The van der Waals surface area contributed by atoms with Gasteiger partial charge in [-0.2, -0.15) is 0 Å². The summed E-state index contributed by atoms with van der Waals surface area (Å²) in [6.07, 6.45) is 1.97. The van der Waals surface area contributed by atoms with Crippen molar-refractivity contribution in [1.82, 2.24) is 10.6 Å². The summed E-state index contributed by atoms with van der Waals surface area (Å²) in [4.78, 5) is 11.9. The second-order valence-electron chi connectivity index (χ2n) is 5.53. The highest BCUT2D eigenvalue weighted by Gasteiger charge is 2.15. The van der Waals surface area contributed by atoms with Crippen molar-refractivity contribution in [3.63, 3.8) is 0 Å². The molecular weight excluding hydrogens is 344 g/mol. The molecular formula is C17H19BrN2O2. The second kappa shape index (κ2) is 7.11. The van der Waals surface area contributed by atoms with Crippen LogP contribution < -0.4 is 15.4 Å². The molecule has 1 fully saturated rings. The minimum absolute atomic E-state index is 0.0530. The summed E-state index contributed by atoms with van der Waals surface area (Å²) in [6, 6.07) is 12.2. The van der Waals surface area contributed by atoms with Gasteiger partial charge in [0, 0.05) is 10.5 Å². The van der Waals surface area contributed by atoms with Gasteiger partial charge in [-0.05, 0) is 61.0 Å². The predicted molar refractivity (Wildman–Crippen MR) is 91.2 cm³/mol. The SMILES string of the molecule is O=C(COc1ccc2cc(Br)ccc2c1)NC1CCNCC1. The lowest BCUT2D eigenvalue weighted by molar-refractivity contribution is -0.123. The first-order valence-electron chi connectivity index (χ1n) is 7.53. The van der Waals surface area contributed by atoms with Crippen LogP contribution >= 0.6 is 15.9 Å². The van der Waals surface area contributed by atoms with Gasteiger partial charge in [-0.1, -0.05) is 28.1 Å². The molecule has 1 saturated heterocycles. The van der Waals surface area contributed by atoms with E-state index >= 15 is 0 Å². The average Bonchev–Trinajstić information content (AvgIpc) is 2.54. The van der Waals surface area contributed by atoms with E-state index in [1.807, 2.05) is 30.3 Å². The van der Waals surface area contributed by atoms with Crippen LogP contribution in [0.1, 0.15) is 12.8 Å². The van der Waals surface area contributed by atoms with Gasteiger partial charge in [-0.3, -0.25) is 4.79 Å². The van der Waals surface area contributed by atoms with Crippen molar-refractivity contribution in [3.05, 3.63) is 40.9 Å². The molecule has 2 N–H and O–H groups in total. The summed E-state index contributed by atoms with van der Waals surface area (Å²) in [5.74, 6) is 0.665. The fourth-order valence-corrected chi connectivity index (χ4v) is 3.05. The molecule has 2 aromatic carbocycles. The third-order valence-electron chi connectivity index (χ3n) is 3.85. The summed E-state index contributed by atoms with van der Waals surface area (Å²) in [6.45, 7) is 1.99. The average molecular weight is 363 g/mol. The van der Waals surface area contributed by atoms with Crippen molar-refractivity contribution in [1.29, 1.82) is 0 Å². The lowest BCUT2D eigenvalue weighted by Gasteiger charge is -2.23. The van der Waals surface area contributed by atoms with Gasteiger partial charge in [0.1, 0.15) is 5.75 Å². The third-order valence-corrected chi connectivity index (χ3v) is 4.34. The Morgan fingerprint density at radius 3 is 2.73 bits per heavy atom. The van der Waals surface area contributed by atoms with Crippen molar-refractivity contribution >= 4 is 32.6 Å². The van der Waals surface area contributed by atoms with Crippen LogP contribution in [0.4, 0.5) is 0 Å². The van der Waals surface area contributed by atoms with Crippen LogP contribution in [0.5, 0.6) is 5.75 Å². The van der Waals surface area contributed by atoms with Crippen molar-refractivity contribution in [3.8, 4) is 5.75 Å². The molecule has 3 rings (SSSR count). The number of ether oxygens (including phenoxy) is 1. The number of amides is 1. The first-order valence-corrected chi connectivity index (χ1v) is 8.32. The molecule has 22 heavy (non-hydrogen) atoms. The highest BCUT2D eigenvalue weighted by Crippen LogP contribution is 2.24. The van der Waals surface area contributed by atoms with Crippen LogP contribution in [0, 0.1) is 0 Å². The summed E-state index contributed by atoms with van der Waals surface area (Å²) in [7, 11) is 0. The number of piperidine rings is 1. The maximum absolute atomic E-state index is 11.9. The molecule has 1 heterocycles. The highest BCUT2D eigenvalue weighted by molar-refractivity contribution is 9.10. The lowest BCUT2D eigenvalue weighted by atomic mass is 10.1. The zero-order chi connectivity index (χ0) is 15.4. The molecule has 2 aromatic rings. The zero-order valence-corrected chi connectivity index (χ0v) is 13.9. The zero-order valence-electron chi connectivity index (χ0n) is 12.3. The molecule has 4 nitrogen and oxygen atoms in total. The first kappa shape index (κ1) is 15.3. The number of hydrogen-bond donors (Lipinski definition) is 2. The van der Waals surface area contributed by atoms with Crippen LogP contribution in [-0.2, 0) is 4.79 Å². The van der Waals surface area contributed by atoms with Crippen LogP contribution in [0.3, 0.4) is 0 Å². The summed E-state index contributed by atoms with van der Waals surface area (Å²) >= 11 is 3.46. The molecule has 1 amide bonds. The number of rotatable bonds is 4. The van der Waals surface area contributed by atoms with Crippen molar-refractivity contribution in [2.45, 2.75) is 18.9 Å². The highest BCUT2D eigenvalue weighted by atomic mass is 79.9. The summed E-state index contributed by atoms with van der Waals surface area (Å²) in [5.41, 5.74) is 0. The molecule has 0 bridgehead atoms. The quantitative estimate of drug-likeness (QED) is 0.879. The van der Waals surface area contributed by atoms with Crippen molar-refractivity contribution < 1.29 is 9.53 Å².